The first-order valence-corrected chi connectivity index (χ1v) is 9.77. The molecule has 0 bridgehead atoms. The number of benzene rings is 2. The minimum absolute atomic E-state index is 0. The van der Waals surface area contributed by atoms with Crippen LogP contribution in [0.5, 0.6) is 5.75 Å². The van der Waals surface area contributed by atoms with Crippen molar-refractivity contribution in [1.29, 1.82) is 0 Å². The van der Waals surface area contributed by atoms with Gasteiger partial charge in [0.25, 0.3) is 0 Å². The van der Waals surface area contributed by atoms with E-state index in [4.69, 9.17) is 4.74 Å². The van der Waals surface area contributed by atoms with Crippen LogP contribution in [0.4, 0.5) is 10.5 Å². The molecule has 1 saturated carbocycles. The first-order valence-electron chi connectivity index (χ1n) is 9.77. The molecule has 3 N–H and O–H groups in total. The van der Waals surface area contributed by atoms with E-state index in [0.717, 1.165) is 29.4 Å². The normalized spacial score (nSPS) is 13.1. The van der Waals surface area contributed by atoms with E-state index in [1.807, 2.05) is 42.5 Å². The van der Waals surface area contributed by atoms with E-state index in [9.17, 15) is 4.79 Å². The van der Waals surface area contributed by atoms with Gasteiger partial charge in [0.2, 0.25) is 0 Å². The Balaban J connectivity index is 0.00000320. The fourth-order valence-corrected chi connectivity index (χ4v) is 2.74. The lowest BCUT2D eigenvalue weighted by Crippen LogP contribution is -2.36. The summed E-state index contributed by atoms with van der Waals surface area (Å²) in [7, 11) is 3.08. The smallest absolute Gasteiger partial charge is 0.411 e. The van der Waals surface area contributed by atoms with Crippen LogP contribution in [0.25, 0.3) is 0 Å². The van der Waals surface area contributed by atoms with E-state index in [1.165, 1.54) is 20.0 Å². The summed E-state index contributed by atoms with van der Waals surface area (Å²) in [6, 6.07) is 15.6. The summed E-state index contributed by atoms with van der Waals surface area (Å²) in [4.78, 5) is 15.5. The van der Waals surface area contributed by atoms with E-state index in [0.29, 0.717) is 24.7 Å². The molecule has 30 heavy (non-hydrogen) atoms. The van der Waals surface area contributed by atoms with Gasteiger partial charge in [0.1, 0.15) is 5.75 Å². The second kappa shape index (κ2) is 12.3. The SMILES string of the molecule is CN=C(NCc1ccc(NC(=O)OC)cc1)NCc1ccccc1OCC1CC1.I. The van der Waals surface area contributed by atoms with Crippen LogP contribution in [0.15, 0.2) is 53.5 Å². The van der Waals surface area contributed by atoms with Crippen LogP contribution >= 0.6 is 24.0 Å². The van der Waals surface area contributed by atoms with Gasteiger partial charge in [0.15, 0.2) is 5.96 Å². The molecule has 162 valence electrons. The van der Waals surface area contributed by atoms with Crippen molar-refractivity contribution in [3.63, 3.8) is 0 Å². The Morgan fingerprint density at radius 3 is 2.43 bits per heavy atom. The number of methoxy groups -OCH3 is 1. The van der Waals surface area contributed by atoms with Crippen LogP contribution in [0.2, 0.25) is 0 Å². The molecular weight excluding hydrogens is 495 g/mol. The average molecular weight is 524 g/mol. The number of guanidine groups is 1. The predicted octanol–water partition coefficient (Wildman–Crippen LogP) is 4.14. The van der Waals surface area contributed by atoms with E-state index < -0.39 is 6.09 Å². The predicted molar refractivity (Wildman–Crippen MR) is 130 cm³/mol. The quantitative estimate of drug-likeness (QED) is 0.275. The number of ether oxygens (including phenoxy) is 2. The van der Waals surface area contributed by atoms with Gasteiger partial charge in [0.05, 0.1) is 13.7 Å². The number of nitrogens with zero attached hydrogens (tertiary/aromatic N) is 1. The van der Waals surface area contributed by atoms with Gasteiger partial charge in [-0.2, -0.15) is 0 Å². The molecule has 0 saturated heterocycles. The van der Waals surface area contributed by atoms with E-state index in [1.54, 1.807) is 7.05 Å². The minimum atomic E-state index is -0.484. The second-order valence-corrected chi connectivity index (χ2v) is 6.95. The van der Waals surface area contributed by atoms with Crippen molar-refractivity contribution < 1.29 is 14.3 Å². The van der Waals surface area contributed by atoms with Gasteiger partial charge >= 0.3 is 6.09 Å². The summed E-state index contributed by atoms with van der Waals surface area (Å²) >= 11 is 0. The molecule has 0 spiro atoms. The number of para-hydroxylation sites is 1. The summed E-state index contributed by atoms with van der Waals surface area (Å²) in [5, 5.41) is 9.25. The van der Waals surface area contributed by atoms with Gasteiger partial charge in [-0.25, -0.2) is 4.79 Å². The van der Waals surface area contributed by atoms with Crippen LogP contribution in [-0.2, 0) is 17.8 Å². The lowest BCUT2D eigenvalue weighted by Gasteiger charge is -2.15. The molecule has 0 atom stereocenters. The molecule has 0 aliphatic heterocycles. The van der Waals surface area contributed by atoms with Crippen LogP contribution in [-0.4, -0.2) is 32.8 Å². The van der Waals surface area contributed by atoms with E-state index in [-0.39, 0.29) is 24.0 Å². The standard InChI is InChI=1S/C22H28N4O3.HI/c1-23-21(24-13-16-9-11-19(12-10-16)26-22(27)28-2)25-14-18-5-3-4-6-20(18)29-15-17-7-8-17;/h3-6,9-12,17H,7-8,13-15H2,1-2H3,(H,26,27)(H2,23,24,25);1H. The van der Waals surface area contributed by atoms with Crippen molar-refractivity contribution in [2.24, 2.45) is 10.9 Å². The third-order valence-corrected chi connectivity index (χ3v) is 4.66. The number of halogens is 1. The fraction of sp³-hybridized carbons (Fsp3) is 0.364. The minimum Gasteiger partial charge on any atom is -0.493 e. The molecule has 0 heterocycles. The van der Waals surface area contributed by atoms with Gasteiger partial charge in [-0.05, 0) is 42.5 Å². The number of hydrogen-bond donors (Lipinski definition) is 3. The first-order chi connectivity index (χ1) is 14.2. The zero-order valence-corrected chi connectivity index (χ0v) is 19.6. The van der Waals surface area contributed by atoms with Gasteiger partial charge in [-0.1, -0.05) is 30.3 Å². The molecule has 8 heteroatoms. The summed E-state index contributed by atoms with van der Waals surface area (Å²) in [6.07, 6.45) is 2.06. The molecule has 1 amide bonds. The lowest BCUT2D eigenvalue weighted by atomic mass is 10.2. The average Bonchev–Trinajstić information content (AvgIpc) is 3.58. The first kappa shape index (κ1) is 23.8. The van der Waals surface area contributed by atoms with Crippen LogP contribution in [0, 0.1) is 5.92 Å². The second-order valence-electron chi connectivity index (χ2n) is 6.95. The molecule has 7 nitrogen and oxygen atoms in total. The zero-order valence-electron chi connectivity index (χ0n) is 17.3. The molecule has 2 aromatic rings. The zero-order chi connectivity index (χ0) is 20.5. The molecule has 0 aromatic heterocycles. The molecule has 2 aromatic carbocycles. The number of hydrogen-bond acceptors (Lipinski definition) is 4. The third-order valence-electron chi connectivity index (χ3n) is 4.66. The summed E-state index contributed by atoms with van der Waals surface area (Å²) in [6.45, 7) is 2.03. The van der Waals surface area contributed by atoms with Crippen molar-refractivity contribution in [2.75, 3.05) is 26.1 Å². The highest BCUT2D eigenvalue weighted by Crippen LogP contribution is 2.30. The van der Waals surface area contributed by atoms with Crippen molar-refractivity contribution in [1.82, 2.24) is 10.6 Å². The summed E-state index contributed by atoms with van der Waals surface area (Å²) in [5.74, 6) is 2.36. The molecule has 3 rings (SSSR count). The molecule has 1 aliphatic carbocycles. The van der Waals surface area contributed by atoms with Crippen LogP contribution in [0.1, 0.15) is 24.0 Å². The number of nitrogens with one attached hydrogen (secondary N) is 3. The Morgan fingerprint density at radius 2 is 1.77 bits per heavy atom. The van der Waals surface area contributed by atoms with Crippen molar-refractivity contribution >= 4 is 41.7 Å². The number of carbonyl (C=O) groups excluding carboxylic acids is 1. The monoisotopic (exact) mass is 524 g/mol. The maximum atomic E-state index is 11.2. The van der Waals surface area contributed by atoms with Crippen molar-refractivity contribution in [2.45, 2.75) is 25.9 Å². The van der Waals surface area contributed by atoms with Gasteiger partial charge in [0, 0.05) is 31.4 Å². The highest BCUT2D eigenvalue weighted by atomic mass is 127. The van der Waals surface area contributed by atoms with Crippen molar-refractivity contribution in [3.05, 3.63) is 59.7 Å². The van der Waals surface area contributed by atoms with Gasteiger partial charge in [-0.15, -0.1) is 24.0 Å². The van der Waals surface area contributed by atoms with E-state index in [2.05, 4.69) is 31.7 Å². The summed E-state index contributed by atoms with van der Waals surface area (Å²) in [5.41, 5.74) is 2.86. The Labute approximate surface area is 194 Å². The Hall–Kier alpha value is -2.49. The maximum Gasteiger partial charge on any atom is 0.411 e. The largest absolute Gasteiger partial charge is 0.493 e. The number of aliphatic imine (C=N–C) groups is 1. The molecule has 1 fully saturated rings. The highest BCUT2D eigenvalue weighted by molar-refractivity contribution is 14.0. The number of amides is 1. The Kier molecular flexibility index (Phi) is 9.72. The molecule has 1 aliphatic rings. The van der Waals surface area contributed by atoms with Gasteiger partial charge in [-0.3, -0.25) is 10.3 Å². The highest BCUT2D eigenvalue weighted by Gasteiger charge is 2.22. The number of anilines is 1. The summed E-state index contributed by atoms with van der Waals surface area (Å²) < 4.78 is 10.5. The van der Waals surface area contributed by atoms with Crippen LogP contribution < -0.4 is 20.7 Å². The maximum absolute atomic E-state index is 11.2. The molecule has 0 radical (unpaired) electrons. The Morgan fingerprint density at radius 1 is 1.07 bits per heavy atom. The third kappa shape index (κ3) is 7.74. The lowest BCUT2D eigenvalue weighted by molar-refractivity contribution is 0.187. The van der Waals surface area contributed by atoms with Crippen molar-refractivity contribution in [3.8, 4) is 5.75 Å². The van der Waals surface area contributed by atoms with E-state index >= 15 is 0 Å². The van der Waals surface area contributed by atoms with Gasteiger partial charge < -0.3 is 20.1 Å². The topological polar surface area (TPSA) is 84.0 Å². The fourth-order valence-electron chi connectivity index (χ4n) is 2.74. The number of carbonyl (C=O) groups is 1. The number of rotatable bonds is 8. The molecular formula is C22H29IN4O3. The molecule has 0 unspecified atom stereocenters. The Bertz CT molecular complexity index is 839. The van der Waals surface area contributed by atoms with Crippen LogP contribution in [0.3, 0.4) is 0 Å².